The van der Waals surface area contributed by atoms with Crippen LogP contribution in [0.4, 0.5) is 11.5 Å². The van der Waals surface area contributed by atoms with Gasteiger partial charge in [0.1, 0.15) is 5.69 Å². The highest BCUT2D eigenvalue weighted by atomic mass is 35.5. The maximum atomic E-state index is 11.9. The van der Waals surface area contributed by atoms with E-state index in [-0.39, 0.29) is 11.2 Å². The Kier molecular flexibility index (Phi) is 2.56. The largest absolute Gasteiger partial charge is 0.324 e. The van der Waals surface area contributed by atoms with Crippen molar-refractivity contribution >= 4 is 29.0 Å². The number of allylic oxidation sites excluding steroid dienone is 3. The van der Waals surface area contributed by atoms with Gasteiger partial charge in [-0.05, 0) is 23.8 Å². The summed E-state index contributed by atoms with van der Waals surface area (Å²) in [6, 6.07) is 0. The molecule has 0 N–H and O–H groups in total. The Hall–Kier alpha value is -1.88. The third kappa shape index (κ3) is 1.67. The molecule has 6 heteroatoms. The zero-order chi connectivity index (χ0) is 12.7. The molecule has 0 unspecified atom stereocenters. The van der Waals surface area contributed by atoms with Gasteiger partial charge in [0.25, 0.3) is 0 Å². The summed E-state index contributed by atoms with van der Waals surface area (Å²) in [5, 5.41) is 0.186. The predicted molar refractivity (Wildman–Crippen MR) is 69.6 cm³/mol. The molecule has 2 aliphatic rings. The Balaban J connectivity index is 2.12. The average Bonchev–Trinajstić information content (AvgIpc) is 2.40. The standard InChI is InChI=1S/C12H11ClN4O/c1-16-9-7-14-12(13)15-11(9)17(6-5-10(16)18)8-3-2-4-8/h2-4,7H,5-6H2,1H3. The molecular weight excluding hydrogens is 252 g/mol. The summed E-state index contributed by atoms with van der Waals surface area (Å²) in [4.78, 5) is 23.7. The van der Waals surface area contributed by atoms with Crippen molar-refractivity contribution in [2.45, 2.75) is 6.42 Å². The van der Waals surface area contributed by atoms with E-state index in [1.54, 1.807) is 18.1 Å². The van der Waals surface area contributed by atoms with Gasteiger partial charge in [0.2, 0.25) is 11.2 Å². The molecule has 0 aromatic carbocycles. The zero-order valence-electron chi connectivity index (χ0n) is 9.80. The molecule has 1 aliphatic carbocycles. The molecule has 0 saturated heterocycles. The van der Waals surface area contributed by atoms with Gasteiger partial charge in [-0.3, -0.25) is 4.79 Å². The normalized spacial score (nSPS) is 18.1. The Morgan fingerprint density at radius 1 is 1.44 bits per heavy atom. The fourth-order valence-electron chi connectivity index (χ4n) is 2.01. The molecule has 0 saturated carbocycles. The van der Waals surface area contributed by atoms with Crippen LogP contribution in [0.2, 0.25) is 5.28 Å². The van der Waals surface area contributed by atoms with E-state index in [1.165, 1.54) is 0 Å². The summed E-state index contributed by atoms with van der Waals surface area (Å²) in [6.45, 7) is 0.597. The van der Waals surface area contributed by atoms with Gasteiger partial charge in [-0.2, -0.15) is 4.98 Å². The van der Waals surface area contributed by atoms with Crippen LogP contribution in [0.15, 0.2) is 30.1 Å². The minimum Gasteiger partial charge on any atom is -0.324 e. The van der Waals surface area contributed by atoms with Crippen molar-refractivity contribution in [2.75, 3.05) is 23.4 Å². The highest BCUT2D eigenvalue weighted by molar-refractivity contribution is 6.28. The van der Waals surface area contributed by atoms with E-state index in [2.05, 4.69) is 9.97 Å². The number of fused-ring (bicyclic) bond motifs is 1. The minimum atomic E-state index is 0.0496. The molecule has 0 bridgehead atoms. The highest BCUT2D eigenvalue weighted by Crippen LogP contribution is 2.34. The molecule has 0 fully saturated rings. The van der Waals surface area contributed by atoms with E-state index < -0.39 is 0 Å². The Morgan fingerprint density at radius 3 is 2.89 bits per heavy atom. The number of amides is 1. The van der Waals surface area contributed by atoms with Crippen molar-refractivity contribution in [1.82, 2.24) is 9.97 Å². The monoisotopic (exact) mass is 262 g/mol. The van der Waals surface area contributed by atoms with Gasteiger partial charge in [-0.25, -0.2) is 4.98 Å². The van der Waals surface area contributed by atoms with Crippen LogP contribution in [0.1, 0.15) is 6.42 Å². The molecule has 1 amide bonds. The number of carbonyl (C=O) groups is 1. The van der Waals surface area contributed by atoms with Crippen LogP contribution >= 0.6 is 11.6 Å². The molecule has 2 heterocycles. The molecule has 1 aliphatic heterocycles. The lowest BCUT2D eigenvalue weighted by Crippen LogP contribution is -2.26. The van der Waals surface area contributed by atoms with Crippen LogP contribution in [-0.4, -0.2) is 29.5 Å². The summed E-state index contributed by atoms with van der Waals surface area (Å²) in [7, 11) is 1.73. The second-order valence-electron chi connectivity index (χ2n) is 4.15. The van der Waals surface area contributed by atoms with Crippen LogP contribution in [0.5, 0.6) is 0 Å². The van der Waals surface area contributed by atoms with Gasteiger partial charge >= 0.3 is 0 Å². The first-order chi connectivity index (χ1) is 8.66. The molecule has 0 atom stereocenters. The summed E-state index contributed by atoms with van der Waals surface area (Å²) in [5.74, 6) is 0.729. The number of halogens is 1. The lowest BCUT2D eigenvalue weighted by Gasteiger charge is -2.26. The minimum absolute atomic E-state index is 0.0496. The predicted octanol–water partition coefficient (Wildman–Crippen LogP) is 1.76. The molecule has 18 heavy (non-hydrogen) atoms. The van der Waals surface area contributed by atoms with E-state index in [4.69, 9.17) is 11.6 Å². The quantitative estimate of drug-likeness (QED) is 0.724. The number of nitrogens with zero attached hydrogens (tertiary/aromatic N) is 4. The second kappa shape index (κ2) is 4.10. The van der Waals surface area contributed by atoms with Gasteiger partial charge in [-0.1, -0.05) is 6.08 Å². The maximum absolute atomic E-state index is 11.9. The van der Waals surface area contributed by atoms with Crippen molar-refractivity contribution in [1.29, 1.82) is 0 Å². The molecule has 5 nitrogen and oxygen atoms in total. The van der Waals surface area contributed by atoms with Crippen molar-refractivity contribution < 1.29 is 4.79 Å². The SMILES string of the molecule is CN1C(=O)CCN(C2=CC=C2)c2nc(Cl)ncc21. The zero-order valence-corrected chi connectivity index (χ0v) is 10.6. The molecule has 92 valence electrons. The van der Waals surface area contributed by atoms with Crippen molar-refractivity contribution in [3.63, 3.8) is 0 Å². The Labute approximate surface area is 109 Å². The summed E-state index contributed by atoms with van der Waals surface area (Å²) >= 11 is 5.86. The molecule has 3 rings (SSSR count). The number of hydrogen-bond donors (Lipinski definition) is 0. The highest BCUT2D eigenvalue weighted by Gasteiger charge is 2.27. The fourth-order valence-corrected chi connectivity index (χ4v) is 2.14. The lowest BCUT2D eigenvalue weighted by molar-refractivity contribution is -0.118. The summed E-state index contributed by atoms with van der Waals surface area (Å²) < 4.78 is 0. The van der Waals surface area contributed by atoms with Gasteiger partial charge < -0.3 is 9.80 Å². The number of hydrogen-bond acceptors (Lipinski definition) is 4. The third-order valence-corrected chi connectivity index (χ3v) is 3.29. The first-order valence-corrected chi connectivity index (χ1v) is 5.99. The van der Waals surface area contributed by atoms with E-state index >= 15 is 0 Å². The van der Waals surface area contributed by atoms with Crippen molar-refractivity contribution in [3.8, 4) is 0 Å². The number of anilines is 2. The van der Waals surface area contributed by atoms with Gasteiger partial charge in [-0.15, -0.1) is 0 Å². The van der Waals surface area contributed by atoms with Crippen LogP contribution < -0.4 is 9.80 Å². The summed E-state index contributed by atoms with van der Waals surface area (Å²) in [6.07, 6.45) is 7.94. The average molecular weight is 263 g/mol. The van der Waals surface area contributed by atoms with E-state index in [0.717, 1.165) is 5.70 Å². The van der Waals surface area contributed by atoms with Gasteiger partial charge in [0.05, 0.1) is 6.20 Å². The van der Waals surface area contributed by atoms with Crippen LogP contribution in [0.3, 0.4) is 0 Å². The summed E-state index contributed by atoms with van der Waals surface area (Å²) in [5.41, 5.74) is 1.72. The molecule has 1 aromatic heterocycles. The van der Waals surface area contributed by atoms with Crippen molar-refractivity contribution in [2.24, 2.45) is 0 Å². The maximum Gasteiger partial charge on any atom is 0.228 e. The van der Waals surface area contributed by atoms with Gasteiger partial charge in [0, 0.05) is 25.7 Å². The lowest BCUT2D eigenvalue weighted by atomic mass is 10.2. The number of carbonyl (C=O) groups excluding carboxylic acids is 1. The van der Waals surface area contributed by atoms with Crippen LogP contribution in [0, 0.1) is 0 Å². The van der Waals surface area contributed by atoms with Crippen LogP contribution in [-0.2, 0) is 4.79 Å². The number of aromatic nitrogens is 2. The third-order valence-electron chi connectivity index (χ3n) is 3.11. The van der Waals surface area contributed by atoms with Gasteiger partial charge in [0.15, 0.2) is 5.82 Å². The van der Waals surface area contributed by atoms with E-state index in [9.17, 15) is 4.79 Å². The molecule has 0 spiro atoms. The van der Waals surface area contributed by atoms with Crippen LogP contribution in [0.25, 0.3) is 0 Å². The second-order valence-corrected chi connectivity index (χ2v) is 4.49. The first-order valence-electron chi connectivity index (χ1n) is 5.62. The topological polar surface area (TPSA) is 49.3 Å². The molecule has 1 aromatic rings. The Morgan fingerprint density at radius 2 is 2.22 bits per heavy atom. The van der Waals surface area contributed by atoms with E-state index in [0.29, 0.717) is 24.5 Å². The van der Waals surface area contributed by atoms with Crippen molar-refractivity contribution in [3.05, 3.63) is 35.4 Å². The molecular formula is C12H11ClN4O. The first kappa shape index (κ1) is 11.2. The Bertz CT molecular complexity index is 581. The smallest absolute Gasteiger partial charge is 0.228 e. The molecule has 0 radical (unpaired) electrons. The van der Waals surface area contributed by atoms with E-state index in [1.807, 2.05) is 23.1 Å². The fraction of sp³-hybridized carbons (Fsp3) is 0.250. The number of rotatable bonds is 1.